The smallest absolute Gasteiger partial charge is 0.269 e. The predicted octanol–water partition coefficient (Wildman–Crippen LogP) is 0.546. The number of carbonyl (C=O) groups excluding carboxylic acids is 3. The Kier molecular flexibility index (Phi) is 5.89. The largest absolute Gasteiger partial charge is 0.339 e. The van der Waals surface area contributed by atoms with Gasteiger partial charge in [-0.15, -0.1) is 11.3 Å². The molecule has 2 aromatic heterocycles. The van der Waals surface area contributed by atoms with Gasteiger partial charge in [0.25, 0.3) is 5.91 Å². The van der Waals surface area contributed by atoms with Crippen molar-refractivity contribution in [3.05, 3.63) is 41.7 Å². The van der Waals surface area contributed by atoms with Gasteiger partial charge < -0.3 is 15.1 Å². The molecule has 0 radical (unpaired) electrons. The molecule has 0 saturated carbocycles. The van der Waals surface area contributed by atoms with Gasteiger partial charge in [-0.05, 0) is 6.07 Å². The molecule has 3 amide bonds. The van der Waals surface area contributed by atoms with E-state index in [0.29, 0.717) is 43.0 Å². The topological polar surface area (TPSA) is 121 Å². The maximum absolute atomic E-state index is 12.6. The van der Waals surface area contributed by atoms with Gasteiger partial charge in [0.05, 0.1) is 18.0 Å². The first-order valence-electron chi connectivity index (χ1n) is 9.40. The summed E-state index contributed by atoms with van der Waals surface area (Å²) >= 11 is 1.25. The number of nitrogens with zero attached hydrogens (tertiary/aromatic N) is 6. The molecule has 1 fully saturated rings. The third-order valence-electron chi connectivity index (χ3n) is 4.69. The summed E-state index contributed by atoms with van der Waals surface area (Å²) in [5, 5.41) is 4.86. The number of nitrogens with one attached hydrogen (secondary N) is 1. The van der Waals surface area contributed by atoms with E-state index in [0.717, 1.165) is 0 Å². The van der Waals surface area contributed by atoms with Gasteiger partial charge in [0, 0.05) is 56.2 Å². The molecule has 2 aliphatic rings. The number of thiazole rings is 1. The summed E-state index contributed by atoms with van der Waals surface area (Å²) < 4.78 is 0. The fourth-order valence-electron chi connectivity index (χ4n) is 3.10. The molecule has 11 heteroatoms. The van der Waals surface area contributed by atoms with Crippen molar-refractivity contribution in [2.75, 3.05) is 36.4 Å². The lowest BCUT2D eigenvalue weighted by molar-refractivity contribution is -0.130. The standard InChI is InChI=1S/C19H19N7O3S/c27-15-3-2-13(11-22-15)17(29)24-19-23-14(12-30-19)10-16(28)25-6-8-26(9-7-25)18-20-4-1-5-21-18/h1-5,11-13H,6-10H2,(H,23,24,29). The van der Waals surface area contributed by atoms with E-state index in [1.54, 1.807) is 28.7 Å². The molecule has 2 aliphatic heterocycles. The normalized spacial score (nSPS) is 18.5. The van der Waals surface area contributed by atoms with E-state index in [9.17, 15) is 14.4 Å². The average Bonchev–Trinajstić information content (AvgIpc) is 3.21. The van der Waals surface area contributed by atoms with Crippen LogP contribution in [0.15, 0.2) is 41.0 Å². The van der Waals surface area contributed by atoms with Crippen molar-refractivity contribution in [2.45, 2.75) is 6.42 Å². The molecular formula is C19H19N7O3S. The van der Waals surface area contributed by atoms with E-state index in [2.05, 4.69) is 30.2 Å². The summed E-state index contributed by atoms with van der Waals surface area (Å²) in [5.74, 6) is -0.652. The quantitative estimate of drug-likeness (QED) is 0.742. The number of hydrogen-bond donors (Lipinski definition) is 1. The third-order valence-corrected chi connectivity index (χ3v) is 5.50. The van der Waals surface area contributed by atoms with Crippen LogP contribution < -0.4 is 10.2 Å². The fourth-order valence-corrected chi connectivity index (χ4v) is 3.81. The van der Waals surface area contributed by atoms with E-state index < -0.39 is 5.92 Å². The first kappa shape index (κ1) is 19.8. The molecule has 10 nitrogen and oxygen atoms in total. The van der Waals surface area contributed by atoms with Crippen LogP contribution in [0.1, 0.15) is 5.69 Å². The van der Waals surface area contributed by atoms with Crippen molar-refractivity contribution < 1.29 is 14.4 Å². The van der Waals surface area contributed by atoms with Crippen molar-refractivity contribution >= 4 is 46.4 Å². The highest BCUT2D eigenvalue weighted by atomic mass is 32.1. The van der Waals surface area contributed by atoms with Crippen molar-refractivity contribution in [1.29, 1.82) is 0 Å². The van der Waals surface area contributed by atoms with Gasteiger partial charge in [-0.25, -0.2) is 19.9 Å². The Morgan fingerprint density at radius 2 is 1.93 bits per heavy atom. The van der Waals surface area contributed by atoms with E-state index in [1.165, 1.54) is 29.7 Å². The van der Waals surface area contributed by atoms with Gasteiger partial charge in [0.2, 0.25) is 17.8 Å². The minimum atomic E-state index is -0.610. The van der Waals surface area contributed by atoms with Gasteiger partial charge in [-0.2, -0.15) is 0 Å². The molecule has 154 valence electrons. The Morgan fingerprint density at radius 3 is 2.63 bits per heavy atom. The molecule has 1 unspecified atom stereocenters. The van der Waals surface area contributed by atoms with Crippen molar-refractivity contribution in [1.82, 2.24) is 19.9 Å². The predicted molar refractivity (Wildman–Crippen MR) is 111 cm³/mol. The number of aliphatic imine (C=N–C) groups is 1. The van der Waals surface area contributed by atoms with E-state index in [-0.39, 0.29) is 24.1 Å². The Labute approximate surface area is 176 Å². The number of dihydropyridines is 1. The van der Waals surface area contributed by atoms with Gasteiger partial charge in [-0.1, -0.05) is 6.08 Å². The lowest BCUT2D eigenvalue weighted by atomic mass is 10.1. The molecule has 0 bridgehead atoms. The number of aromatic nitrogens is 3. The van der Waals surface area contributed by atoms with Crippen LogP contribution in [0.25, 0.3) is 0 Å². The molecule has 0 aromatic carbocycles. The van der Waals surface area contributed by atoms with Gasteiger partial charge in [-0.3, -0.25) is 14.4 Å². The Hall–Kier alpha value is -3.47. The summed E-state index contributed by atoms with van der Waals surface area (Å²) in [5.41, 5.74) is 0.608. The highest BCUT2D eigenvalue weighted by Crippen LogP contribution is 2.18. The van der Waals surface area contributed by atoms with Crippen molar-refractivity contribution in [3.8, 4) is 0 Å². The Bertz CT molecular complexity index is 981. The van der Waals surface area contributed by atoms with Crippen LogP contribution in [-0.2, 0) is 20.8 Å². The maximum Gasteiger partial charge on any atom is 0.269 e. The summed E-state index contributed by atoms with van der Waals surface area (Å²) in [6.45, 7) is 2.54. The molecule has 2 aromatic rings. The molecule has 4 heterocycles. The van der Waals surface area contributed by atoms with Crippen LogP contribution in [0.5, 0.6) is 0 Å². The average molecular weight is 425 g/mol. The zero-order valence-electron chi connectivity index (χ0n) is 16.0. The second kappa shape index (κ2) is 8.91. The molecular weight excluding hydrogens is 406 g/mol. The minimum Gasteiger partial charge on any atom is -0.339 e. The molecule has 1 N–H and O–H groups in total. The SMILES string of the molecule is O=C1C=CC(C(=O)Nc2nc(CC(=O)N3CCN(c4ncccn4)CC3)cs2)C=N1. The van der Waals surface area contributed by atoms with E-state index >= 15 is 0 Å². The lowest BCUT2D eigenvalue weighted by Crippen LogP contribution is -2.49. The second-order valence-corrected chi connectivity index (χ2v) is 7.59. The lowest BCUT2D eigenvalue weighted by Gasteiger charge is -2.34. The first-order valence-corrected chi connectivity index (χ1v) is 10.3. The molecule has 4 rings (SSSR count). The van der Waals surface area contributed by atoms with Crippen molar-refractivity contribution in [3.63, 3.8) is 0 Å². The van der Waals surface area contributed by atoms with Crippen LogP contribution in [0, 0.1) is 5.92 Å². The van der Waals surface area contributed by atoms with E-state index in [4.69, 9.17) is 0 Å². The van der Waals surface area contributed by atoms with Crippen molar-refractivity contribution in [2.24, 2.45) is 10.9 Å². The molecule has 0 aliphatic carbocycles. The van der Waals surface area contributed by atoms with Gasteiger partial charge in [0.1, 0.15) is 0 Å². The first-order chi connectivity index (χ1) is 14.6. The summed E-state index contributed by atoms with van der Waals surface area (Å²) in [4.78, 5) is 56.1. The van der Waals surface area contributed by atoms with E-state index in [1.807, 2.05) is 0 Å². The Balaban J connectivity index is 1.27. The third kappa shape index (κ3) is 4.74. The van der Waals surface area contributed by atoms with Crippen LogP contribution in [0.3, 0.4) is 0 Å². The number of hydrogen-bond acceptors (Lipinski definition) is 8. The maximum atomic E-state index is 12.6. The monoisotopic (exact) mass is 425 g/mol. The summed E-state index contributed by atoms with van der Waals surface area (Å²) in [6.07, 6.45) is 7.64. The molecule has 0 spiro atoms. The summed E-state index contributed by atoms with van der Waals surface area (Å²) in [7, 11) is 0. The molecule has 1 saturated heterocycles. The zero-order valence-corrected chi connectivity index (χ0v) is 16.8. The summed E-state index contributed by atoms with van der Waals surface area (Å²) in [6, 6.07) is 1.77. The zero-order chi connectivity index (χ0) is 20.9. The highest BCUT2D eigenvalue weighted by Gasteiger charge is 2.23. The Morgan fingerprint density at radius 1 is 1.17 bits per heavy atom. The number of carbonyl (C=O) groups is 3. The van der Waals surface area contributed by atoms with Crippen LogP contribution in [-0.4, -0.2) is 70.0 Å². The molecule has 30 heavy (non-hydrogen) atoms. The van der Waals surface area contributed by atoms with Gasteiger partial charge >= 0.3 is 0 Å². The number of anilines is 2. The number of piperazine rings is 1. The highest BCUT2D eigenvalue weighted by molar-refractivity contribution is 7.13. The number of amides is 3. The van der Waals surface area contributed by atoms with Crippen LogP contribution in [0.4, 0.5) is 11.1 Å². The van der Waals surface area contributed by atoms with Crippen LogP contribution >= 0.6 is 11.3 Å². The second-order valence-electron chi connectivity index (χ2n) is 6.73. The minimum absolute atomic E-state index is 0.00679. The molecule has 1 atom stereocenters. The van der Waals surface area contributed by atoms with Gasteiger partial charge in [0.15, 0.2) is 5.13 Å². The van der Waals surface area contributed by atoms with Crippen LogP contribution in [0.2, 0.25) is 0 Å². The number of rotatable bonds is 5. The fraction of sp³-hybridized carbons (Fsp3) is 0.316.